The first-order chi connectivity index (χ1) is 7.36. The molecule has 3 heteroatoms. The van der Waals surface area contributed by atoms with Crippen molar-refractivity contribution in [3.05, 3.63) is 24.3 Å². The maximum absolute atomic E-state index is 11.7. The molecule has 0 radical (unpaired) electrons. The fourth-order valence-corrected chi connectivity index (χ4v) is 2.21. The minimum absolute atomic E-state index is 0.134. The molecule has 0 aromatic carbocycles. The van der Waals surface area contributed by atoms with E-state index in [-0.39, 0.29) is 5.78 Å². The summed E-state index contributed by atoms with van der Waals surface area (Å²) in [4.78, 5) is 19.6. The molecule has 1 fully saturated rings. The third-order valence-electron chi connectivity index (χ3n) is 3.10. The molecule has 0 atom stereocenters. The number of hydrogen-bond donors (Lipinski definition) is 0. The molecule has 1 saturated carbocycles. The van der Waals surface area contributed by atoms with Gasteiger partial charge in [0, 0.05) is 18.8 Å². The smallest absolute Gasteiger partial charge is 0.182 e. The second-order valence-corrected chi connectivity index (χ2v) is 4.20. The number of ketones is 1. The van der Waals surface area contributed by atoms with Gasteiger partial charge in [0.2, 0.25) is 0 Å². The Morgan fingerprint density at radius 1 is 1.33 bits per heavy atom. The van der Waals surface area contributed by atoms with Gasteiger partial charge in [-0.2, -0.15) is 0 Å². The van der Waals surface area contributed by atoms with Gasteiger partial charge < -0.3 is 0 Å². The zero-order valence-corrected chi connectivity index (χ0v) is 8.85. The maximum Gasteiger partial charge on any atom is 0.182 e. The first-order valence-electron chi connectivity index (χ1n) is 5.65. The lowest BCUT2D eigenvalue weighted by Crippen LogP contribution is -2.05. The summed E-state index contributed by atoms with van der Waals surface area (Å²) in [5.74, 6) is 0.903. The van der Waals surface area contributed by atoms with Gasteiger partial charge in [-0.05, 0) is 12.3 Å². The van der Waals surface area contributed by atoms with E-state index in [1.165, 1.54) is 25.7 Å². The zero-order chi connectivity index (χ0) is 10.5. The van der Waals surface area contributed by atoms with Crippen LogP contribution in [0, 0.1) is 5.92 Å². The Morgan fingerprint density at radius 2 is 2.13 bits per heavy atom. The maximum atomic E-state index is 11.7. The topological polar surface area (TPSA) is 42.9 Å². The van der Waals surface area contributed by atoms with Crippen molar-refractivity contribution in [2.75, 3.05) is 0 Å². The number of aromatic nitrogens is 2. The molecule has 0 bridgehead atoms. The molecule has 1 aliphatic carbocycles. The Kier molecular flexibility index (Phi) is 3.43. The highest BCUT2D eigenvalue weighted by Gasteiger charge is 2.17. The molecule has 80 valence electrons. The number of carbonyl (C=O) groups excluding carboxylic acids is 1. The van der Waals surface area contributed by atoms with Crippen LogP contribution < -0.4 is 0 Å². The first kappa shape index (κ1) is 10.3. The number of nitrogens with zero attached hydrogens (tertiary/aromatic N) is 2. The molecule has 15 heavy (non-hydrogen) atoms. The van der Waals surface area contributed by atoms with Crippen LogP contribution in [0.15, 0.2) is 18.6 Å². The van der Waals surface area contributed by atoms with Crippen molar-refractivity contribution in [2.24, 2.45) is 5.92 Å². The Hall–Kier alpha value is -1.25. The van der Waals surface area contributed by atoms with Crippen LogP contribution in [0.5, 0.6) is 0 Å². The van der Waals surface area contributed by atoms with Crippen molar-refractivity contribution >= 4 is 5.78 Å². The summed E-state index contributed by atoms with van der Waals surface area (Å²) in [7, 11) is 0. The van der Waals surface area contributed by atoms with Crippen LogP contribution in [0.3, 0.4) is 0 Å². The Labute approximate surface area is 89.9 Å². The fraction of sp³-hybridized carbons (Fsp3) is 0.583. The Morgan fingerprint density at radius 3 is 2.80 bits per heavy atom. The van der Waals surface area contributed by atoms with Crippen LogP contribution in [-0.4, -0.2) is 15.8 Å². The van der Waals surface area contributed by atoms with Crippen molar-refractivity contribution in [1.82, 2.24) is 9.97 Å². The Balaban J connectivity index is 1.82. The van der Waals surface area contributed by atoms with Gasteiger partial charge in [0.15, 0.2) is 5.78 Å². The molecular weight excluding hydrogens is 188 g/mol. The summed E-state index contributed by atoms with van der Waals surface area (Å²) in [6.45, 7) is 0. The second kappa shape index (κ2) is 5.01. The van der Waals surface area contributed by atoms with Crippen LogP contribution in [-0.2, 0) is 0 Å². The minimum Gasteiger partial charge on any atom is -0.292 e. The number of hydrogen-bond acceptors (Lipinski definition) is 3. The molecule has 1 heterocycles. The van der Waals surface area contributed by atoms with E-state index in [2.05, 4.69) is 9.97 Å². The van der Waals surface area contributed by atoms with Gasteiger partial charge in [-0.1, -0.05) is 25.7 Å². The largest absolute Gasteiger partial charge is 0.292 e. The third-order valence-corrected chi connectivity index (χ3v) is 3.10. The predicted octanol–water partition coefficient (Wildman–Crippen LogP) is 2.63. The van der Waals surface area contributed by atoms with Gasteiger partial charge in [-0.15, -0.1) is 0 Å². The number of Topliss-reactive ketones (excluding diaryl/α,β-unsaturated/α-hetero) is 1. The van der Waals surface area contributed by atoms with Crippen molar-refractivity contribution in [2.45, 2.75) is 38.5 Å². The van der Waals surface area contributed by atoms with Crippen LogP contribution in [0.25, 0.3) is 0 Å². The highest BCUT2D eigenvalue weighted by molar-refractivity contribution is 5.93. The van der Waals surface area contributed by atoms with Crippen molar-refractivity contribution in [3.63, 3.8) is 0 Å². The van der Waals surface area contributed by atoms with E-state index in [0.29, 0.717) is 12.1 Å². The molecule has 0 N–H and O–H groups in total. The first-order valence-corrected chi connectivity index (χ1v) is 5.65. The summed E-state index contributed by atoms with van der Waals surface area (Å²) in [6, 6.07) is 0. The summed E-state index contributed by atoms with van der Waals surface area (Å²) in [5, 5.41) is 0. The van der Waals surface area contributed by atoms with Crippen LogP contribution >= 0.6 is 0 Å². The van der Waals surface area contributed by atoms with E-state index >= 15 is 0 Å². The van der Waals surface area contributed by atoms with Gasteiger partial charge >= 0.3 is 0 Å². The van der Waals surface area contributed by atoms with Gasteiger partial charge in [0.05, 0.1) is 6.20 Å². The van der Waals surface area contributed by atoms with E-state index in [9.17, 15) is 4.79 Å². The van der Waals surface area contributed by atoms with E-state index < -0.39 is 0 Å². The van der Waals surface area contributed by atoms with Crippen LogP contribution in [0.1, 0.15) is 49.0 Å². The molecule has 2 rings (SSSR count). The van der Waals surface area contributed by atoms with Crippen molar-refractivity contribution in [1.29, 1.82) is 0 Å². The normalized spacial score (nSPS) is 16.8. The SMILES string of the molecule is O=C(CCC1CCCC1)c1cnccn1. The monoisotopic (exact) mass is 204 g/mol. The molecule has 3 nitrogen and oxygen atoms in total. The molecule has 1 aliphatic rings. The molecule has 1 aromatic rings. The van der Waals surface area contributed by atoms with Gasteiger partial charge in [0.1, 0.15) is 5.69 Å². The quantitative estimate of drug-likeness (QED) is 0.708. The van der Waals surface area contributed by atoms with Crippen LogP contribution in [0.2, 0.25) is 0 Å². The third kappa shape index (κ3) is 2.85. The van der Waals surface area contributed by atoms with E-state index in [1.54, 1.807) is 18.6 Å². The lowest BCUT2D eigenvalue weighted by molar-refractivity contribution is 0.0968. The average molecular weight is 204 g/mol. The molecule has 0 spiro atoms. The summed E-state index contributed by atoms with van der Waals surface area (Å²) < 4.78 is 0. The summed E-state index contributed by atoms with van der Waals surface area (Å²) in [5.41, 5.74) is 0.510. The number of rotatable bonds is 4. The van der Waals surface area contributed by atoms with Gasteiger partial charge in [-0.25, -0.2) is 4.98 Å². The van der Waals surface area contributed by atoms with E-state index in [4.69, 9.17) is 0 Å². The summed E-state index contributed by atoms with van der Waals surface area (Å²) >= 11 is 0. The minimum atomic E-state index is 0.134. The van der Waals surface area contributed by atoms with E-state index in [1.807, 2.05) is 0 Å². The highest BCUT2D eigenvalue weighted by Crippen LogP contribution is 2.28. The van der Waals surface area contributed by atoms with Gasteiger partial charge in [0.25, 0.3) is 0 Å². The fourth-order valence-electron chi connectivity index (χ4n) is 2.21. The average Bonchev–Trinajstić information content (AvgIpc) is 2.80. The Bertz CT molecular complexity index is 318. The standard InChI is InChI=1S/C12H16N2O/c15-12(11-9-13-7-8-14-11)6-5-10-3-1-2-4-10/h7-10H,1-6H2. The van der Waals surface area contributed by atoms with Crippen molar-refractivity contribution < 1.29 is 4.79 Å². The lowest BCUT2D eigenvalue weighted by Gasteiger charge is -2.06. The molecule has 0 aliphatic heterocycles. The molecule has 0 saturated heterocycles. The van der Waals surface area contributed by atoms with Crippen LogP contribution in [0.4, 0.5) is 0 Å². The van der Waals surface area contributed by atoms with E-state index in [0.717, 1.165) is 12.3 Å². The predicted molar refractivity (Wildman–Crippen MR) is 57.6 cm³/mol. The molecule has 0 amide bonds. The molecular formula is C12H16N2O. The summed E-state index contributed by atoms with van der Waals surface area (Å²) in [6.07, 6.45) is 11.6. The lowest BCUT2D eigenvalue weighted by atomic mass is 9.99. The second-order valence-electron chi connectivity index (χ2n) is 4.20. The zero-order valence-electron chi connectivity index (χ0n) is 8.85. The van der Waals surface area contributed by atoms with Crippen molar-refractivity contribution in [3.8, 4) is 0 Å². The van der Waals surface area contributed by atoms with Gasteiger partial charge in [-0.3, -0.25) is 9.78 Å². The molecule has 0 unspecified atom stereocenters. The number of carbonyl (C=O) groups is 1. The highest BCUT2D eigenvalue weighted by atomic mass is 16.1. The molecule has 1 aromatic heterocycles.